The Hall–Kier alpha value is -0.760. The molecule has 7 heavy (non-hydrogen) atoms. The van der Waals surface area contributed by atoms with Crippen molar-refractivity contribution in [2.24, 2.45) is 5.73 Å². The standard InChI is InChI=1S/C5H9NO/c1-2-5(7)3-4-6/h2-5,7H,1,6H2/b4-3-. The molecule has 0 aliphatic rings. The summed E-state index contributed by atoms with van der Waals surface area (Å²) in [7, 11) is 0. The maximum Gasteiger partial charge on any atom is 0.0916 e. The van der Waals surface area contributed by atoms with Crippen LogP contribution in [0, 0.1) is 0 Å². The lowest BCUT2D eigenvalue weighted by Crippen LogP contribution is -1.95. The summed E-state index contributed by atoms with van der Waals surface area (Å²) < 4.78 is 0. The number of aliphatic hydroxyl groups excluding tert-OH is 1. The second kappa shape index (κ2) is 3.43. The van der Waals surface area contributed by atoms with E-state index in [0.717, 1.165) is 0 Å². The molecule has 2 nitrogen and oxygen atoms in total. The Morgan fingerprint density at radius 1 is 1.71 bits per heavy atom. The summed E-state index contributed by atoms with van der Waals surface area (Å²) >= 11 is 0. The van der Waals surface area contributed by atoms with Crippen LogP contribution in [0.4, 0.5) is 0 Å². The fourth-order valence-electron chi connectivity index (χ4n) is 0.192. The van der Waals surface area contributed by atoms with Crippen LogP contribution in [0.1, 0.15) is 0 Å². The molecule has 0 aromatic rings. The number of hydrogen-bond donors (Lipinski definition) is 2. The largest absolute Gasteiger partial charge is 0.405 e. The number of nitrogens with two attached hydrogens (primary N) is 1. The molecular formula is C5H9NO. The highest BCUT2D eigenvalue weighted by atomic mass is 16.3. The number of aliphatic hydroxyl groups is 1. The fraction of sp³-hybridized carbons (Fsp3) is 0.200. The highest BCUT2D eigenvalue weighted by Gasteiger charge is 1.83. The van der Waals surface area contributed by atoms with Crippen molar-refractivity contribution < 1.29 is 5.11 Å². The van der Waals surface area contributed by atoms with Gasteiger partial charge in [0.15, 0.2) is 0 Å². The minimum absolute atomic E-state index is 0.593. The van der Waals surface area contributed by atoms with Gasteiger partial charge in [-0.25, -0.2) is 0 Å². The van der Waals surface area contributed by atoms with Crippen molar-refractivity contribution in [3.8, 4) is 0 Å². The molecule has 40 valence electrons. The fourth-order valence-corrected chi connectivity index (χ4v) is 0.192. The Kier molecular flexibility index (Phi) is 3.06. The number of rotatable bonds is 2. The van der Waals surface area contributed by atoms with Crippen molar-refractivity contribution in [3.63, 3.8) is 0 Å². The van der Waals surface area contributed by atoms with Gasteiger partial charge in [-0.1, -0.05) is 6.08 Å². The molecule has 0 amide bonds. The van der Waals surface area contributed by atoms with E-state index in [1.54, 1.807) is 0 Å². The lowest BCUT2D eigenvalue weighted by atomic mass is 10.3. The molecule has 0 saturated heterocycles. The summed E-state index contributed by atoms with van der Waals surface area (Å²) in [5, 5.41) is 8.57. The Bertz CT molecular complexity index is 78.1. The lowest BCUT2D eigenvalue weighted by molar-refractivity contribution is 0.272. The molecule has 0 aromatic carbocycles. The molecular weight excluding hydrogens is 90.1 g/mol. The highest BCUT2D eigenvalue weighted by molar-refractivity contribution is 4.95. The quantitative estimate of drug-likeness (QED) is 0.479. The van der Waals surface area contributed by atoms with Crippen LogP contribution >= 0.6 is 0 Å². The molecule has 1 atom stereocenters. The zero-order chi connectivity index (χ0) is 5.70. The van der Waals surface area contributed by atoms with E-state index in [2.05, 4.69) is 6.58 Å². The first-order valence-corrected chi connectivity index (χ1v) is 2.00. The van der Waals surface area contributed by atoms with Crippen LogP contribution in [0.25, 0.3) is 0 Å². The van der Waals surface area contributed by atoms with Crippen LogP contribution in [0.5, 0.6) is 0 Å². The summed E-state index contributed by atoms with van der Waals surface area (Å²) in [4.78, 5) is 0. The van der Waals surface area contributed by atoms with Gasteiger partial charge in [0.05, 0.1) is 6.10 Å². The monoisotopic (exact) mass is 99.1 g/mol. The molecule has 0 radical (unpaired) electrons. The van der Waals surface area contributed by atoms with Gasteiger partial charge < -0.3 is 10.8 Å². The minimum Gasteiger partial charge on any atom is -0.405 e. The zero-order valence-electron chi connectivity index (χ0n) is 4.04. The molecule has 3 N–H and O–H groups in total. The van der Waals surface area contributed by atoms with E-state index in [-0.39, 0.29) is 0 Å². The maximum absolute atomic E-state index is 8.57. The SMILES string of the molecule is C=CC(O)/C=C\N. The van der Waals surface area contributed by atoms with Gasteiger partial charge in [-0.3, -0.25) is 0 Å². The smallest absolute Gasteiger partial charge is 0.0916 e. The minimum atomic E-state index is -0.593. The van der Waals surface area contributed by atoms with Crippen molar-refractivity contribution in [3.05, 3.63) is 24.9 Å². The van der Waals surface area contributed by atoms with Gasteiger partial charge in [0, 0.05) is 0 Å². The molecule has 0 bridgehead atoms. The van der Waals surface area contributed by atoms with E-state index >= 15 is 0 Å². The topological polar surface area (TPSA) is 46.2 Å². The van der Waals surface area contributed by atoms with Gasteiger partial charge in [-0.15, -0.1) is 6.58 Å². The van der Waals surface area contributed by atoms with Crippen molar-refractivity contribution in [2.75, 3.05) is 0 Å². The number of hydrogen-bond acceptors (Lipinski definition) is 2. The molecule has 0 spiro atoms. The molecule has 0 heterocycles. The van der Waals surface area contributed by atoms with Crippen LogP contribution in [-0.2, 0) is 0 Å². The van der Waals surface area contributed by atoms with E-state index in [1.807, 2.05) is 0 Å². The first kappa shape index (κ1) is 6.24. The summed E-state index contributed by atoms with van der Waals surface area (Å²) in [6.07, 6.45) is 3.52. The molecule has 0 rings (SSSR count). The summed E-state index contributed by atoms with van der Waals surface area (Å²) in [5.74, 6) is 0. The maximum atomic E-state index is 8.57. The van der Waals surface area contributed by atoms with Gasteiger partial charge in [-0.05, 0) is 12.3 Å². The predicted octanol–water partition coefficient (Wildman–Crippen LogP) is 0.00570. The lowest BCUT2D eigenvalue weighted by Gasteiger charge is -1.90. The highest BCUT2D eigenvalue weighted by Crippen LogP contribution is 1.81. The van der Waals surface area contributed by atoms with Crippen LogP contribution in [0.3, 0.4) is 0 Å². The van der Waals surface area contributed by atoms with Crippen molar-refractivity contribution in [2.45, 2.75) is 6.10 Å². The first-order chi connectivity index (χ1) is 3.31. The molecule has 0 aliphatic heterocycles. The second-order valence-electron chi connectivity index (χ2n) is 1.11. The average Bonchev–Trinajstić information content (AvgIpc) is 1.68. The molecule has 1 unspecified atom stereocenters. The Morgan fingerprint density at radius 2 is 2.29 bits per heavy atom. The summed E-state index contributed by atoms with van der Waals surface area (Å²) in [6, 6.07) is 0. The molecule has 0 aromatic heterocycles. The third kappa shape index (κ3) is 3.06. The second-order valence-corrected chi connectivity index (χ2v) is 1.11. The van der Waals surface area contributed by atoms with Gasteiger partial charge in [0.2, 0.25) is 0 Å². The van der Waals surface area contributed by atoms with Gasteiger partial charge in [0.1, 0.15) is 0 Å². The van der Waals surface area contributed by atoms with Gasteiger partial charge in [0.25, 0.3) is 0 Å². The van der Waals surface area contributed by atoms with E-state index in [0.29, 0.717) is 0 Å². The molecule has 0 aliphatic carbocycles. The Balaban J connectivity index is 3.35. The third-order valence-corrected chi connectivity index (χ3v) is 0.550. The Labute approximate surface area is 43.0 Å². The van der Waals surface area contributed by atoms with Crippen molar-refractivity contribution >= 4 is 0 Å². The Morgan fingerprint density at radius 3 is 2.43 bits per heavy atom. The van der Waals surface area contributed by atoms with E-state index in [1.165, 1.54) is 18.4 Å². The molecule has 0 saturated carbocycles. The summed E-state index contributed by atoms with van der Waals surface area (Å²) in [6.45, 7) is 3.32. The molecule has 2 heteroatoms. The zero-order valence-corrected chi connectivity index (χ0v) is 4.04. The third-order valence-electron chi connectivity index (χ3n) is 0.550. The predicted molar refractivity (Wildman–Crippen MR) is 29.5 cm³/mol. The summed E-state index contributed by atoms with van der Waals surface area (Å²) in [5.41, 5.74) is 4.92. The van der Waals surface area contributed by atoms with E-state index in [9.17, 15) is 0 Å². The van der Waals surface area contributed by atoms with Crippen LogP contribution in [0.15, 0.2) is 24.9 Å². The average molecular weight is 99.1 g/mol. The van der Waals surface area contributed by atoms with Crippen LogP contribution in [-0.4, -0.2) is 11.2 Å². The van der Waals surface area contributed by atoms with Crippen molar-refractivity contribution in [1.29, 1.82) is 0 Å². The van der Waals surface area contributed by atoms with E-state index in [4.69, 9.17) is 10.8 Å². The van der Waals surface area contributed by atoms with Crippen LogP contribution < -0.4 is 5.73 Å². The normalized spacial score (nSPS) is 14.4. The van der Waals surface area contributed by atoms with Gasteiger partial charge >= 0.3 is 0 Å². The van der Waals surface area contributed by atoms with E-state index < -0.39 is 6.10 Å². The van der Waals surface area contributed by atoms with Gasteiger partial charge in [-0.2, -0.15) is 0 Å². The van der Waals surface area contributed by atoms with Crippen molar-refractivity contribution in [1.82, 2.24) is 0 Å². The molecule has 0 fully saturated rings. The first-order valence-electron chi connectivity index (χ1n) is 2.00. The van der Waals surface area contributed by atoms with Crippen LogP contribution in [0.2, 0.25) is 0 Å².